The van der Waals surface area contributed by atoms with Gasteiger partial charge in [0.15, 0.2) is 0 Å². The van der Waals surface area contributed by atoms with Crippen molar-refractivity contribution in [2.24, 2.45) is 5.73 Å². The average molecular weight is 237 g/mol. The van der Waals surface area contributed by atoms with Crippen molar-refractivity contribution in [3.8, 4) is 0 Å². The summed E-state index contributed by atoms with van der Waals surface area (Å²) in [5.74, 6) is -0.222. The third-order valence-corrected chi connectivity index (χ3v) is 2.69. The summed E-state index contributed by atoms with van der Waals surface area (Å²) in [6.07, 6.45) is 0.316. The Kier molecular flexibility index (Phi) is 5.66. The number of esters is 1. The van der Waals surface area contributed by atoms with E-state index >= 15 is 0 Å². The van der Waals surface area contributed by atoms with E-state index in [1.165, 1.54) is 7.11 Å². The van der Waals surface area contributed by atoms with Crippen molar-refractivity contribution in [1.82, 2.24) is 0 Å². The zero-order chi connectivity index (χ0) is 12.7. The van der Waals surface area contributed by atoms with Crippen LogP contribution in [0.4, 0.5) is 0 Å². The van der Waals surface area contributed by atoms with Crippen molar-refractivity contribution in [2.75, 3.05) is 20.8 Å². The Morgan fingerprint density at radius 1 is 1.29 bits per heavy atom. The molecule has 94 valence electrons. The van der Waals surface area contributed by atoms with E-state index in [2.05, 4.69) is 4.74 Å². The number of hydrogen-bond acceptors (Lipinski definition) is 4. The van der Waals surface area contributed by atoms with Crippen molar-refractivity contribution < 1.29 is 14.3 Å². The first-order valence-electron chi connectivity index (χ1n) is 5.56. The number of nitrogens with two attached hydrogens (primary N) is 1. The Morgan fingerprint density at radius 3 is 2.41 bits per heavy atom. The standard InChI is InChI=1S/C13H19NO3/c1-16-9-10-3-5-11(6-4-10)12(8-14)7-13(15)17-2/h3-6,12H,7-9,14H2,1-2H3. The molecule has 4 heteroatoms. The minimum atomic E-state index is -0.235. The Hall–Kier alpha value is -1.39. The van der Waals surface area contributed by atoms with Gasteiger partial charge in [0.2, 0.25) is 0 Å². The van der Waals surface area contributed by atoms with Crippen LogP contribution in [0.2, 0.25) is 0 Å². The van der Waals surface area contributed by atoms with Crippen LogP contribution < -0.4 is 5.73 Å². The molecule has 0 amide bonds. The minimum Gasteiger partial charge on any atom is -0.469 e. The molecule has 1 aromatic rings. The molecule has 0 fully saturated rings. The lowest BCUT2D eigenvalue weighted by atomic mass is 9.95. The second kappa shape index (κ2) is 7.04. The van der Waals surface area contributed by atoms with E-state index in [-0.39, 0.29) is 11.9 Å². The number of ether oxygens (including phenoxy) is 2. The van der Waals surface area contributed by atoms with Gasteiger partial charge in [0, 0.05) is 13.0 Å². The van der Waals surface area contributed by atoms with Crippen LogP contribution in [0.25, 0.3) is 0 Å². The smallest absolute Gasteiger partial charge is 0.306 e. The van der Waals surface area contributed by atoms with Gasteiger partial charge in [0.25, 0.3) is 0 Å². The minimum absolute atomic E-state index is 0.0130. The third kappa shape index (κ3) is 4.17. The molecule has 2 N–H and O–H groups in total. The van der Waals surface area contributed by atoms with Crippen molar-refractivity contribution >= 4 is 5.97 Å². The second-order valence-corrected chi connectivity index (χ2v) is 3.89. The van der Waals surface area contributed by atoms with E-state index in [4.69, 9.17) is 10.5 Å². The third-order valence-electron chi connectivity index (χ3n) is 2.69. The molecular weight excluding hydrogens is 218 g/mol. The van der Waals surface area contributed by atoms with Gasteiger partial charge in [-0.05, 0) is 17.7 Å². The van der Waals surface area contributed by atoms with Crippen LogP contribution in [0.1, 0.15) is 23.5 Å². The SMILES string of the molecule is COCc1ccc(C(CN)CC(=O)OC)cc1. The molecule has 1 aromatic carbocycles. The van der Waals surface area contributed by atoms with Gasteiger partial charge in [0.1, 0.15) is 0 Å². The average Bonchev–Trinajstić information content (AvgIpc) is 2.37. The maximum absolute atomic E-state index is 11.2. The summed E-state index contributed by atoms with van der Waals surface area (Å²) in [5.41, 5.74) is 7.83. The van der Waals surface area contributed by atoms with Gasteiger partial charge in [-0.3, -0.25) is 4.79 Å². The molecule has 17 heavy (non-hydrogen) atoms. The summed E-state index contributed by atoms with van der Waals surface area (Å²) in [7, 11) is 3.05. The molecule has 1 unspecified atom stereocenters. The molecule has 0 saturated carbocycles. The molecule has 4 nitrogen and oxygen atoms in total. The lowest BCUT2D eigenvalue weighted by molar-refractivity contribution is -0.141. The van der Waals surface area contributed by atoms with E-state index in [0.29, 0.717) is 19.6 Å². The molecule has 0 bridgehead atoms. The molecule has 0 aliphatic carbocycles. The summed E-state index contributed by atoms with van der Waals surface area (Å²) < 4.78 is 9.69. The number of methoxy groups -OCH3 is 2. The number of carbonyl (C=O) groups excluding carboxylic acids is 1. The van der Waals surface area contributed by atoms with Crippen LogP contribution in [0.5, 0.6) is 0 Å². The number of hydrogen-bond donors (Lipinski definition) is 1. The lowest BCUT2D eigenvalue weighted by Gasteiger charge is -2.14. The van der Waals surface area contributed by atoms with Gasteiger partial charge in [0.05, 0.1) is 20.1 Å². The fraction of sp³-hybridized carbons (Fsp3) is 0.462. The highest BCUT2D eigenvalue weighted by Crippen LogP contribution is 2.19. The van der Waals surface area contributed by atoms with Gasteiger partial charge in [-0.1, -0.05) is 24.3 Å². The summed E-state index contributed by atoms with van der Waals surface area (Å²) in [6.45, 7) is 1.02. The van der Waals surface area contributed by atoms with E-state index in [1.807, 2.05) is 24.3 Å². The van der Waals surface area contributed by atoms with E-state index < -0.39 is 0 Å². The molecule has 0 heterocycles. The van der Waals surface area contributed by atoms with Crippen LogP contribution in [0.3, 0.4) is 0 Å². The maximum atomic E-state index is 11.2. The van der Waals surface area contributed by atoms with Crippen LogP contribution in [-0.2, 0) is 20.9 Å². The van der Waals surface area contributed by atoms with Gasteiger partial charge in [-0.2, -0.15) is 0 Å². The first-order valence-corrected chi connectivity index (χ1v) is 5.56. The zero-order valence-corrected chi connectivity index (χ0v) is 10.3. The van der Waals surface area contributed by atoms with Gasteiger partial charge >= 0.3 is 5.97 Å². The van der Waals surface area contributed by atoms with E-state index in [9.17, 15) is 4.79 Å². The summed E-state index contributed by atoms with van der Waals surface area (Å²) in [4.78, 5) is 11.2. The van der Waals surface area contributed by atoms with Crippen molar-refractivity contribution in [3.05, 3.63) is 35.4 Å². The normalized spacial score (nSPS) is 12.2. The molecule has 0 aliphatic heterocycles. The van der Waals surface area contributed by atoms with Gasteiger partial charge < -0.3 is 15.2 Å². The molecule has 1 rings (SSSR count). The molecule has 0 aromatic heterocycles. The van der Waals surface area contributed by atoms with Crippen LogP contribution in [-0.4, -0.2) is 26.7 Å². The molecule has 0 spiro atoms. The first-order chi connectivity index (χ1) is 8.21. The highest BCUT2D eigenvalue weighted by Gasteiger charge is 2.14. The fourth-order valence-corrected chi connectivity index (χ4v) is 1.67. The van der Waals surface area contributed by atoms with Crippen LogP contribution in [0, 0.1) is 0 Å². The predicted molar refractivity (Wildman–Crippen MR) is 65.6 cm³/mol. The Labute approximate surface area is 102 Å². The van der Waals surface area contributed by atoms with Crippen molar-refractivity contribution in [3.63, 3.8) is 0 Å². The number of benzene rings is 1. The summed E-state index contributed by atoms with van der Waals surface area (Å²) >= 11 is 0. The van der Waals surface area contributed by atoms with Crippen LogP contribution in [0.15, 0.2) is 24.3 Å². The quantitative estimate of drug-likeness (QED) is 0.760. The monoisotopic (exact) mass is 237 g/mol. The molecule has 0 aliphatic rings. The molecule has 1 atom stereocenters. The van der Waals surface area contributed by atoms with Crippen molar-refractivity contribution in [2.45, 2.75) is 18.9 Å². The zero-order valence-electron chi connectivity index (χ0n) is 10.3. The predicted octanol–water partition coefficient (Wildman–Crippen LogP) is 1.44. The van der Waals surface area contributed by atoms with E-state index in [1.54, 1.807) is 7.11 Å². The second-order valence-electron chi connectivity index (χ2n) is 3.89. The Morgan fingerprint density at radius 2 is 1.94 bits per heavy atom. The largest absolute Gasteiger partial charge is 0.469 e. The first kappa shape index (κ1) is 13.7. The highest BCUT2D eigenvalue weighted by atomic mass is 16.5. The van der Waals surface area contributed by atoms with E-state index in [0.717, 1.165) is 11.1 Å². The summed E-state index contributed by atoms with van der Waals surface area (Å²) in [6, 6.07) is 7.93. The molecule has 0 radical (unpaired) electrons. The van der Waals surface area contributed by atoms with Crippen molar-refractivity contribution in [1.29, 1.82) is 0 Å². The Balaban J connectivity index is 2.71. The topological polar surface area (TPSA) is 61.5 Å². The van der Waals surface area contributed by atoms with Gasteiger partial charge in [-0.15, -0.1) is 0 Å². The highest BCUT2D eigenvalue weighted by molar-refractivity contribution is 5.70. The maximum Gasteiger partial charge on any atom is 0.306 e. The van der Waals surface area contributed by atoms with Crippen LogP contribution >= 0.6 is 0 Å². The molecular formula is C13H19NO3. The lowest BCUT2D eigenvalue weighted by Crippen LogP contribution is -2.17. The fourth-order valence-electron chi connectivity index (χ4n) is 1.67. The molecule has 0 saturated heterocycles. The number of carbonyl (C=O) groups is 1. The number of rotatable bonds is 6. The summed E-state index contributed by atoms with van der Waals surface area (Å²) in [5, 5.41) is 0. The Bertz CT molecular complexity index is 348. The van der Waals surface area contributed by atoms with Gasteiger partial charge in [-0.25, -0.2) is 0 Å².